The van der Waals surface area contributed by atoms with E-state index in [1.807, 2.05) is 7.05 Å². The Labute approximate surface area is 72.8 Å². The maximum atomic E-state index is 11.3. The number of rotatable bonds is 4. The molecule has 0 atom stereocenters. The van der Waals surface area contributed by atoms with E-state index in [0.29, 0.717) is 13.0 Å². The van der Waals surface area contributed by atoms with Crippen LogP contribution in [0, 0.1) is 0 Å². The fourth-order valence-electron chi connectivity index (χ4n) is 1.19. The lowest BCUT2D eigenvalue weighted by atomic mass is 10.3. The summed E-state index contributed by atoms with van der Waals surface area (Å²) in [4.78, 5) is 16.4. The molecule has 1 N–H and O–H groups in total. The topological polar surface area (TPSA) is 41.6 Å². The van der Waals surface area contributed by atoms with Crippen molar-refractivity contribution >= 4 is 5.91 Å². The van der Waals surface area contributed by atoms with Crippen LogP contribution >= 0.6 is 0 Å². The van der Waals surface area contributed by atoms with E-state index in [1.165, 1.54) is 5.06 Å². The maximum absolute atomic E-state index is 11.3. The van der Waals surface area contributed by atoms with Crippen LogP contribution in [0.5, 0.6) is 0 Å². The minimum absolute atomic E-state index is 0.114. The second-order valence-electron chi connectivity index (χ2n) is 2.89. The molecule has 0 aliphatic carbocycles. The Balaban J connectivity index is 2.10. The second kappa shape index (κ2) is 5.11. The number of carbonyl (C=O) groups is 1. The first kappa shape index (κ1) is 9.48. The van der Waals surface area contributed by atoms with Gasteiger partial charge in [-0.25, -0.2) is 5.06 Å². The summed E-state index contributed by atoms with van der Waals surface area (Å²) in [6, 6.07) is 0. The third kappa shape index (κ3) is 2.79. The number of nitrogens with one attached hydrogen (secondary N) is 1. The zero-order valence-electron chi connectivity index (χ0n) is 7.51. The average molecular weight is 172 g/mol. The molecule has 0 spiro atoms. The Kier molecular flexibility index (Phi) is 4.04. The van der Waals surface area contributed by atoms with Gasteiger partial charge in [-0.2, -0.15) is 0 Å². The van der Waals surface area contributed by atoms with Gasteiger partial charge in [-0.3, -0.25) is 9.63 Å². The summed E-state index contributed by atoms with van der Waals surface area (Å²) in [5.74, 6) is 0.114. The molecule has 0 saturated carbocycles. The molecule has 1 saturated heterocycles. The molecular weight excluding hydrogens is 156 g/mol. The average Bonchev–Trinajstić information content (AvgIpc) is 2.56. The number of amides is 1. The molecule has 1 amide bonds. The Morgan fingerprint density at radius 2 is 2.50 bits per heavy atom. The molecule has 4 nitrogen and oxygen atoms in total. The van der Waals surface area contributed by atoms with Crippen LogP contribution in [0.4, 0.5) is 0 Å². The van der Waals surface area contributed by atoms with Crippen molar-refractivity contribution in [3.63, 3.8) is 0 Å². The van der Waals surface area contributed by atoms with Crippen LogP contribution in [-0.2, 0) is 9.63 Å². The van der Waals surface area contributed by atoms with Gasteiger partial charge in [0, 0.05) is 6.42 Å². The van der Waals surface area contributed by atoms with Gasteiger partial charge in [-0.15, -0.1) is 0 Å². The molecular formula is C8H16N2O2. The molecule has 0 aromatic heterocycles. The van der Waals surface area contributed by atoms with Crippen molar-refractivity contribution < 1.29 is 9.63 Å². The van der Waals surface area contributed by atoms with Gasteiger partial charge in [0.15, 0.2) is 0 Å². The van der Waals surface area contributed by atoms with Crippen LogP contribution in [0.1, 0.15) is 19.3 Å². The summed E-state index contributed by atoms with van der Waals surface area (Å²) < 4.78 is 0. The highest BCUT2D eigenvalue weighted by molar-refractivity contribution is 5.75. The van der Waals surface area contributed by atoms with Crippen molar-refractivity contribution in [1.29, 1.82) is 0 Å². The van der Waals surface area contributed by atoms with Gasteiger partial charge in [-0.05, 0) is 26.4 Å². The van der Waals surface area contributed by atoms with E-state index >= 15 is 0 Å². The molecule has 70 valence electrons. The lowest BCUT2D eigenvalue weighted by molar-refractivity contribution is -0.168. The van der Waals surface area contributed by atoms with Crippen LogP contribution < -0.4 is 5.32 Å². The zero-order chi connectivity index (χ0) is 8.81. The van der Waals surface area contributed by atoms with E-state index in [1.54, 1.807) is 0 Å². The number of hydrogen-bond donors (Lipinski definition) is 1. The quantitative estimate of drug-likeness (QED) is 0.614. The number of hydrogen-bond acceptors (Lipinski definition) is 3. The fourth-order valence-corrected chi connectivity index (χ4v) is 1.19. The van der Waals surface area contributed by atoms with Crippen molar-refractivity contribution in [3.05, 3.63) is 0 Å². The predicted octanol–water partition coefficient (Wildman–Crippen LogP) is 0.150. The van der Waals surface area contributed by atoms with Crippen LogP contribution in [0.3, 0.4) is 0 Å². The maximum Gasteiger partial charge on any atom is 0.246 e. The molecule has 0 radical (unpaired) electrons. The van der Waals surface area contributed by atoms with E-state index in [0.717, 1.165) is 25.9 Å². The van der Waals surface area contributed by atoms with Gasteiger partial charge >= 0.3 is 0 Å². The Hall–Kier alpha value is -0.610. The van der Waals surface area contributed by atoms with Gasteiger partial charge in [0.1, 0.15) is 0 Å². The summed E-state index contributed by atoms with van der Waals surface area (Å²) in [5.41, 5.74) is 0. The van der Waals surface area contributed by atoms with Crippen molar-refractivity contribution in [3.8, 4) is 0 Å². The number of hydroxylamine groups is 2. The highest BCUT2D eigenvalue weighted by Gasteiger charge is 2.17. The van der Waals surface area contributed by atoms with Gasteiger partial charge in [0.2, 0.25) is 5.91 Å². The lowest BCUT2D eigenvalue weighted by Gasteiger charge is -2.13. The highest BCUT2D eigenvalue weighted by Crippen LogP contribution is 2.06. The first-order valence-electron chi connectivity index (χ1n) is 4.42. The summed E-state index contributed by atoms with van der Waals surface area (Å²) >= 11 is 0. The third-order valence-electron chi connectivity index (χ3n) is 1.85. The molecule has 1 aliphatic heterocycles. The molecule has 1 fully saturated rings. The molecule has 0 aromatic carbocycles. The summed E-state index contributed by atoms with van der Waals surface area (Å²) in [5, 5.41) is 4.48. The van der Waals surface area contributed by atoms with E-state index in [-0.39, 0.29) is 5.91 Å². The molecule has 1 rings (SSSR count). The van der Waals surface area contributed by atoms with E-state index in [4.69, 9.17) is 4.84 Å². The Morgan fingerprint density at radius 3 is 3.08 bits per heavy atom. The molecule has 0 aromatic rings. The summed E-state index contributed by atoms with van der Waals surface area (Å²) in [6.45, 7) is 2.34. The van der Waals surface area contributed by atoms with E-state index in [2.05, 4.69) is 5.32 Å². The van der Waals surface area contributed by atoms with Crippen molar-refractivity contribution in [2.24, 2.45) is 0 Å². The minimum Gasteiger partial charge on any atom is -0.320 e. The van der Waals surface area contributed by atoms with Crippen LogP contribution in [0.2, 0.25) is 0 Å². The van der Waals surface area contributed by atoms with Crippen LogP contribution in [-0.4, -0.2) is 37.7 Å². The Morgan fingerprint density at radius 1 is 1.67 bits per heavy atom. The zero-order valence-corrected chi connectivity index (χ0v) is 7.51. The Bertz CT molecular complexity index is 144. The standard InChI is InChI=1S/C8H16N2O2/c1-9-5-2-4-8(11)10-6-3-7-12-10/h9H,2-7H2,1H3. The van der Waals surface area contributed by atoms with Gasteiger partial charge in [0.05, 0.1) is 13.2 Å². The molecule has 1 aliphatic rings. The van der Waals surface area contributed by atoms with Gasteiger partial charge in [0.25, 0.3) is 0 Å². The molecule has 4 heteroatoms. The van der Waals surface area contributed by atoms with Crippen molar-refractivity contribution in [1.82, 2.24) is 10.4 Å². The molecule has 0 unspecified atom stereocenters. The first-order valence-corrected chi connectivity index (χ1v) is 4.42. The number of carbonyl (C=O) groups excluding carboxylic acids is 1. The molecule has 1 heterocycles. The fraction of sp³-hybridized carbons (Fsp3) is 0.875. The first-order chi connectivity index (χ1) is 5.84. The normalized spacial score (nSPS) is 16.9. The van der Waals surface area contributed by atoms with E-state index in [9.17, 15) is 4.79 Å². The molecule has 0 bridgehead atoms. The van der Waals surface area contributed by atoms with Crippen LogP contribution in [0.15, 0.2) is 0 Å². The monoisotopic (exact) mass is 172 g/mol. The predicted molar refractivity (Wildman–Crippen MR) is 45.4 cm³/mol. The SMILES string of the molecule is CNCCCC(=O)N1CCCO1. The van der Waals surface area contributed by atoms with E-state index < -0.39 is 0 Å². The smallest absolute Gasteiger partial charge is 0.246 e. The van der Waals surface area contributed by atoms with Crippen LogP contribution in [0.25, 0.3) is 0 Å². The molecule has 12 heavy (non-hydrogen) atoms. The van der Waals surface area contributed by atoms with Gasteiger partial charge in [-0.1, -0.05) is 0 Å². The van der Waals surface area contributed by atoms with Crippen molar-refractivity contribution in [2.45, 2.75) is 19.3 Å². The number of nitrogens with zero attached hydrogens (tertiary/aromatic N) is 1. The third-order valence-corrected chi connectivity index (χ3v) is 1.85. The lowest BCUT2D eigenvalue weighted by Crippen LogP contribution is -2.26. The largest absolute Gasteiger partial charge is 0.320 e. The van der Waals surface area contributed by atoms with Gasteiger partial charge < -0.3 is 5.32 Å². The van der Waals surface area contributed by atoms with Crippen molar-refractivity contribution in [2.75, 3.05) is 26.7 Å². The minimum atomic E-state index is 0.114. The highest BCUT2D eigenvalue weighted by atomic mass is 16.7. The summed E-state index contributed by atoms with van der Waals surface area (Å²) in [7, 11) is 1.89. The second-order valence-corrected chi connectivity index (χ2v) is 2.89. The summed E-state index contributed by atoms with van der Waals surface area (Å²) in [6.07, 6.45) is 2.44.